The molecule has 2 saturated heterocycles. The number of ether oxygens (including phenoxy) is 2. The Hall–Kier alpha value is -0.120. The van der Waals surface area contributed by atoms with Gasteiger partial charge >= 0.3 is 0 Å². The van der Waals surface area contributed by atoms with Crippen LogP contribution in [0.2, 0.25) is 0 Å². The van der Waals surface area contributed by atoms with Gasteiger partial charge in [0.2, 0.25) is 0 Å². The molecule has 3 heteroatoms. The van der Waals surface area contributed by atoms with E-state index in [-0.39, 0.29) is 5.72 Å². The van der Waals surface area contributed by atoms with E-state index < -0.39 is 0 Å². The van der Waals surface area contributed by atoms with E-state index in [2.05, 4.69) is 19.2 Å². The Balaban J connectivity index is 1.64. The zero-order valence-corrected chi connectivity index (χ0v) is 11.2. The van der Waals surface area contributed by atoms with E-state index in [1.807, 2.05) is 0 Å². The fourth-order valence-corrected chi connectivity index (χ4v) is 3.63. The summed E-state index contributed by atoms with van der Waals surface area (Å²) in [5.74, 6) is 0. The summed E-state index contributed by atoms with van der Waals surface area (Å²) in [4.78, 5) is 0. The van der Waals surface area contributed by atoms with Crippen LogP contribution >= 0.6 is 0 Å². The lowest BCUT2D eigenvalue weighted by Gasteiger charge is -2.48. The molecule has 0 amide bonds. The van der Waals surface area contributed by atoms with Crippen LogP contribution in [0.3, 0.4) is 0 Å². The standard InChI is InChI=1S/C14H25NO2/c1-12(2)3-4-14(9-12)15-10-13(11-17-14)5-7-16-8-6-13/h15H,3-11H2,1-2H3. The third kappa shape index (κ3) is 2.25. The molecule has 0 bridgehead atoms. The fourth-order valence-electron chi connectivity index (χ4n) is 3.63. The summed E-state index contributed by atoms with van der Waals surface area (Å²) in [5.41, 5.74) is 0.788. The van der Waals surface area contributed by atoms with Crippen LogP contribution in [0.15, 0.2) is 0 Å². The van der Waals surface area contributed by atoms with Crippen molar-refractivity contribution in [2.75, 3.05) is 26.4 Å². The first-order valence-electron chi connectivity index (χ1n) is 7.00. The average Bonchev–Trinajstić information content (AvgIpc) is 2.62. The summed E-state index contributed by atoms with van der Waals surface area (Å²) in [7, 11) is 0. The summed E-state index contributed by atoms with van der Waals surface area (Å²) in [6.45, 7) is 8.57. The molecule has 1 aliphatic carbocycles. The lowest BCUT2D eigenvalue weighted by atomic mass is 9.79. The van der Waals surface area contributed by atoms with Crippen LogP contribution in [0.25, 0.3) is 0 Å². The Morgan fingerprint density at radius 1 is 1.00 bits per heavy atom. The Kier molecular flexibility index (Phi) is 2.77. The maximum Gasteiger partial charge on any atom is 0.119 e. The van der Waals surface area contributed by atoms with Gasteiger partial charge < -0.3 is 9.47 Å². The maximum atomic E-state index is 6.29. The number of hydrogen-bond donors (Lipinski definition) is 1. The third-order valence-electron chi connectivity index (χ3n) is 4.96. The molecule has 3 aliphatic rings. The molecule has 3 fully saturated rings. The second-order valence-corrected chi connectivity index (χ2v) is 7.09. The third-order valence-corrected chi connectivity index (χ3v) is 4.96. The van der Waals surface area contributed by atoms with E-state index in [4.69, 9.17) is 9.47 Å². The Labute approximate surface area is 104 Å². The van der Waals surface area contributed by atoms with Crippen molar-refractivity contribution < 1.29 is 9.47 Å². The van der Waals surface area contributed by atoms with Gasteiger partial charge in [-0.15, -0.1) is 0 Å². The van der Waals surface area contributed by atoms with Gasteiger partial charge in [-0.1, -0.05) is 13.8 Å². The normalized spacial score (nSPS) is 39.9. The van der Waals surface area contributed by atoms with E-state index in [1.54, 1.807) is 0 Å². The van der Waals surface area contributed by atoms with Crippen LogP contribution in [0.4, 0.5) is 0 Å². The average molecular weight is 239 g/mol. The predicted molar refractivity (Wildman–Crippen MR) is 66.8 cm³/mol. The Morgan fingerprint density at radius 2 is 1.76 bits per heavy atom. The van der Waals surface area contributed by atoms with Crippen LogP contribution in [0.1, 0.15) is 46.0 Å². The van der Waals surface area contributed by atoms with Crippen molar-refractivity contribution in [2.45, 2.75) is 51.7 Å². The Bertz CT molecular complexity index is 285. The molecule has 2 spiro atoms. The topological polar surface area (TPSA) is 30.5 Å². The Morgan fingerprint density at radius 3 is 2.29 bits per heavy atom. The van der Waals surface area contributed by atoms with Gasteiger partial charge in [-0.25, -0.2) is 0 Å². The minimum absolute atomic E-state index is 0.00689. The molecule has 3 rings (SSSR count). The first-order valence-corrected chi connectivity index (χ1v) is 7.00. The molecule has 3 nitrogen and oxygen atoms in total. The molecule has 0 aromatic carbocycles. The predicted octanol–water partition coefficient (Wildman–Crippen LogP) is 2.31. The lowest BCUT2D eigenvalue weighted by molar-refractivity contribution is -0.165. The van der Waals surface area contributed by atoms with Crippen molar-refractivity contribution in [3.63, 3.8) is 0 Å². The smallest absolute Gasteiger partial charge is 0.119 e. The van der Waals surface area contributed by atoms with Gasteiger partial charge in [0, 0.05) is 25.2 Å². The molecule has 17 heavy (non-hydrogen) atoms. The molecule has 0 aromatic rings. The van der Waals surface area contributed by atoms with Crippen molar-refractivity contribution in [3.8, 4) is 0 Å². The molecule has 1 N–H and O–H groups in total. The molecule has 2 heterocycles. The fraction of sp³-hybridized carbons (Fsp3) is 1.00. The van der Waals surface area contributed by atoms with E-state index in [9.17, 15) is 0 Å². The molecule has 0 radical (unpaired) electrons. The van der Waals surface area contributed by atoms with Crippen molar-refractivity contribution in [1.82, 2.24) is 5.32 Å². The molecule has 0 aromatic heterocycles. The summed E-state index contributed by atoms with van der Waals surface area (Å²) in [6.07, 6.45) is 5.91. The van der Waals surface area contributed by atoms with Crippen molar-refractivity contribution in [1.29, 1.82) is 0 Å². The highest BCUT2D eigenvalue weighted by Gasteiger charge is 2.49. The molecular weight excluding hydrogens is 214 g/mol. The zero-order chi connectivity index (χ0) is 12.0. The first kappa shape index (κ1) is 11.9. The van der Waals surface area contributed by atoms with Gasteiger partial charge in [-0.2, -0.15) is 0 Å². The van der Waals surface area contributed by atoms with Gasteiger partial charge in [0.15, 0.2) is 0 Å². The maximum absolute atomic E-state index is 6.29. The highest BCUT2D eigenvalue weighted by atomic mass is 16.5. The van der Waals surface area contributed by atoms with Gasteiger partial charge in [0.1, 0.15) is 5.72 Å². The minimum Gasteiger partial charge on any atom is -0.381 e. The van der Waals surface area contributed by atoms with Crippen LogP contribution in [0.5, 0.6) is 0 Å². The summed E-state index contributed by atoms with van der Waals surface area (Å²) in [6, 6.07) is 0. The molecule has 98 valence electrons. The second kappa shape index (κ2) is 3.94. The molecular formula is C14H25NO2. The molecule has 1 atom stereocenters. The molecule has 2 aliphatic heterocycles. The molecule has 1 unspecified atom stereocenters. The van der Waals surface area contributed by atoms with Crippen LogP contribution in [0, 0.1) is 10.8 Å². The first-order chi connectivity index (χ1) is 8.04. The van der Waals surface area contributed by atoms with E-state index >= 15 is 0 Å². The van der Waals surface area contributed by atoms with E-state index in [1.165, 1.54) is 12.8 Å². The van der Waals surface area contributed by atoms with Gasteiger partial charge in [0.05, 0.1) is 6.61 Å². The monoisotopic (exact) mass is 239 g/mol. The van der Waals surface area contributed by atoms with Crippen molar-refractivity contribution in [2.24, 2.45) is 10.8 Å². The quantitative estimate of drug-likeness (QED) is 0.703. The van der Waals surface area contributed by atoms with E-state index in [0.717, 1.165) is 45.6 Å². The summed E-state index contributed by atoms with van der Waals surface area (Å²) >= 11 is 0. The highest BCUT2D eigenvalue weighted by molar-refractivity contribution is 4.99. The highest BCUT2D eigenvalue weighted by Crippen LogP contribution is 2.47. The zero-order valence-electron chi connectivity index (χ0n) is 11.2. The number of hydrogen-bond acceptors (Lipinski definition) is 3. The van der Waals surface area contributed by atoms with Crippen LogP contribution in [-0.4, -0.2) is 32.1 Å². The van der Waals surface area contributed by atoms with Crippen molar-refractivity contribution >= 4 is 0 Å². The SMILES string of the molecule is CC1(C)CCC2(C1)NCC1(CCOCC1)CO2. The van der Waals surface area contributed by atoms with Crippen LogP contribution < -0.4 is 5.32 Å². The van der Waals surface area contributed by atoms with Gasteiger partial charge in [-0.05, 0) is 37.5 Å². The number of rotatable bonds is 0. The minimum atomic E-state index is -0.00689. The lowest BCUT2D eigenvalue weighted by Crippen LogP contribution is -2.59. The van der Waals surface area contributed by atoms with Gasteiger partial charge in [-0.3, -0.25) is 5.32 Å². The number of nitrogens with one attached hydrogen (secondary N) is 1. The van der Waals surface area contributed by atoms with Crippen molar-refractivity contribution in [3.05, 3.63) is 0 Å². The second-order valence-electron chi connectivity index (χ2n) is 7.09. The van der Waals surface area contributed by atoms with E-state index in [0.29, 0.717) is 10.8 Å². The molecule has 1 saturated carbocycles. The largest absolute Gasteiger partial charge is 0.381 e. The summed E-state index contributed by atoms with van der Waals surface area (Å²) < 4.78 is 11.8. The van der Waals surface area contributed by atoms with Gasteiger partial charge in [0.25, 0.3) is 0 Å². The van der Waals surface area contributed by atoms with Crippen LogP contribution in [-0.2, 0) is 9.47 Å². The summed E-state index contributed by atoms with van der Waals surface area (Å²) in [5, 5.41) is 3.73.